The lowest BCUT2D eigenvalue weighted by atomic mass is 10.1. The molecule has 4 nitrogen and oxygen atoms in total. The first-order valence-corrected chi connectivity index (χ1v) is 7.90. The number of hydrogen-bond donors (Lipinski definition) is 2. The largest absolute Gasteiger partial charge is 0.367 e. The van der Waals surface area contributed by atoms with Gasteiger partial charge in [0.15, 0.2) is 0 Å². The highest BCUT2D eigenvalue weighted by Crippen LogP contribution is 2.25. The number of nitrogens with zero attached hydrogens (tertiary/aromatic N) is 2. The van der Waals surface area contributed by atoms with Crippen LogP contribution >= 0.6 is 0 Å². The molecule has 0 spiro atoms. The normalized spacial score (nSPS) is 11.0. The van der Waals surface area contributed by atoms with Crippen molar-refractivity contribution >= 4 is 28.4 Å². The molecule has 0 radical (unpaired) electrons. The minimum Gasteiger partial charge on any atom is -0.367 e. The number of anilines is 3. The summed E-state index contributed by atoms with van der Waals surface area (Å²) in [6, 6.07) is 14.7. The summed E-state index contributed by atoms with van der Waals surface area (Å²) in [4.78, 5) is 9.31. The Morgan fingerprint density at radius 3 is 2.48 bits per heavy atom. The van der Waals surface area contributed by atoms with Gasteiger partial charge in [0.25, 0.3) is 0 Å². The van der Waals surface area contributed by atoms with E-state index in [0.29, 0.717) is 12.0 Å². The highest BCUT2D eigenvalue weighted by Gasteiger charge is 2.09. The van der Waals surface area contributed by atoms with Gasteiger partial charge in [-0.1, -0.05) is 29.8 Å². The predicted molar refractivity (Wildman–Crippen MR) is 97.5 cm³/mol. The molecule has 0 aliphatic carbocycles. The zero-order chi connectivity index (χ0) is 16.4. The molecule has 3 rings (SSSR count). The Labute approximate surface area is 137 Å². The third-order valence-electron chi connectivity index (χ3n) is 3.66. The average molecular weight is 306 g/mol. The van der Waals surface area contributed by atoms with E-state index in [9.17, 15) is 0 Å². The zero-order valence-electron chi connectivity index (χ0n) is 14.0. The van der Waals surface area contributed by atoms with Gasteiger partial charge in [-0.2, -0.15) is 4.98 Å². The van der Waals surface area contributed by atoms with Crippen LogP contribution in [0.2, 0.25) is 0 Å². The fraction of sp³-hybridized carbons (Fsp3) is 0.263. The molecular formula is C19H22N4. The molecule has 0 unspecified atom stereocenters. The molecule has 0 bridgehead atoms. The Kier molecular flexibility index (Phi) is 4.15. The van der Waals surface area contributed by atoms with Crippen molar-refractivity contribution in [3.8, 4) is 0 Å². The van der Waals surface area contributed by atoms with Gasteiger partial charge in [-0.25, -0.2) is 4.98 Å². The van der Waals surface area contributed by atoms with Crippen LogP contribution in [-0.4, -0.2) is 16.0 Å². The van der Waals surface area contributed by atoms with Crippen LogP contribution in [0.1, 0.15) is 25.0 Å². The van der Waals surface area contributed by atoms with E-state index in [-0.39, 0.29) is 0 Å². The SMILES string of the molecule is Cc1ccc(Nc2nc(NC(C)C)c3ccccc3n2)c(C)c1. The number of benzene rings is 2. The molecule has 0 saturated carbocycles. The summed E-state index contributed by atoms with van der Waals surface area (Å²) in [6.07, 6.45) is 0. The van der Waals surface area contributed by atoms with Crippen LogP contribution < -0.4 is 10.6 Å². The van der Waals surface area contributed by atoms with Crippen molar-refractivity contribution in [2.75, 3.05) is 10.6 Å². The molecule has 0 fully saturated rings. The summed E-state index contributed by atoms with van der Waals surface area (Å²) in [7, 11) is 0. The summed E-state index contributed by atoms with van der Waals surface area (Å²) in [6.45, 7) is 8.39. The first kappa shape index (κ1) is 15.3. The number of para-hydroxylation sites is 1. The first-order valence-electron chi connectivity index (χ1n) is 7.90. The van der Waals surface area contributed by atoms with Gasteiger partial charge < -0.3 is 10.6 Å². The van der Waals surface area contributed by atoms with Gasteiger partial charge in [0.05, 0.1) is 5.52 Å². The minimum absolute atomic E-state index is 0.308. The number of hydrogen-bond acceptors (Lipinski definition) is 4. The quantitative estimate of drug-likeness (QED) is 0.726. The molecule has 1 heterocycles. The molecule has 1 aromatic heterocycles. The van der Waals surface area contributed by atoms with Gasteiger partial charge in [0.2, 0.25) is 5.95 Å². The summed E-state index contributed by atoms with van der Waals surface area (Å²) < 4.78 is 0. The fourth-order valence-corrected chi connectivity index (χ4v) is 2.59. The molecule has 118 valence electrons. The maximum Gasteiger partial charge on any atom is 0.229 e. The number of rotatable bonds is 4. The smallest absolute Gasteiger partial charge is 0.229 e. The van der Waals surface area contributed by atoms with Gasteiger partial charge in [0, 0.05) is 17.1 Å². The van der Waals surface area contributed by atoms with Crippen LogP contribution in [0.5, 0.6) is 0 Å². The molecule has 23 heavy (non-hydrogen) atoms. The van der Waals surface area contributed by atoms with Crippen molar-refractivity contribution in [1.82, 2.24) is 9.97 Å². The molecule has 0 saturated heterocycles. The highest BCUT2D eigenvalue weighted by molar-refractivity contribution is 5.90. The predicted octanol–water partition coefficient (Wildman–Crippen LogP) is 4.81. The molecule has 0 aliphatic rings. The molecule has 0 atom stereocenters. The van der Waals surface area contributed by atoms with Gasteiger partial charge >= 0.3 is 0 Å². The van der Waals surface area contributed by atoms with E-state index in [2.05, 4.69) is 66.5 Å². The summed E-state index contributed by atoms with van der Waals surface area (Å²) in [5.41, 5.74) is 4.38. The Bertz CT molecular complexity index is 840. The molecule has 3 aromatic rings. The fourth-order valence-electron chi connectivity index (χ4n) is 2.59. The Morgan fingerprint density at radius 2 is 1.74 bits per heavy atom. The van der Waals surface area contributed by atoms with E-state index in [1.54, 1.807) is 0 Å². The van der Waals surface area contributed by atoms with E-state index in [4.69, 9.17) is 0 Å². The number of nitrogens with one attached hydrogen (secondary N) is 2. The number of fused-ring (bicyclic) bond motifs is 1. The monoisotopic (exact) mass is 306 g/mol. The van der Waals surface area contributed by atoms with E-state index in [0.717, 1.165) is 22.4 Å². The van der Waals surface area contributed by atoms with Crippen LogP contribution in [0.25, 0.3) is 10.9 Å². The van der Waals surface area contributed by atoms with Crippen molar-refractivity contribution in [2.45, 2.75) is 33.7 Å². The average Bonchev–Trinajstić information content (AvgIpc) is 2.50. The van der Waals surface area contributed by atoms with Crippen molar-refractivity contribution in [2.24, 2.45) is 0 Å². The zero-order valence-corrected chi connectivity index (χ0v) is 14.0. The maximum atomic E-state index is 4.67. The van der Waals surface area contributed by atoms with Gasteiger partial charge in [-0.05, 0) is 51.5 Å². The molecule has 4 heteroatoms. The van der Waals surface area contributed by atoms with Gasteiger partial charge in [0.1, 0.15) is 5.82 Å². The van der Waals surface area contributed by atoms with Crippen molar-refractivity contribution in [3.63, 3.8) is 0 Å². The standard InChI is InChI=1S/C19H22N4/c1-12(2)20-18-15-7-5-6-8-17(15)22-19(23-18)21-16-10-9-13(3)11-14(16)4/h5-12H,1-4H3,(H2,20,21,22,23). The van der Waals surface area contributed by atoms with E-state index < -0.39 is 0 Å². The van der Waals surface area contributed by atoms with Crippen LogP contribution in [0.15, 0.2) is 42.5 Å². The van der Waals surface area contributed by atoms with Crippen LogP contribution in [0.4, 0.5) is 17.5 Å². The first-order chi connectivity index (χ1) is 11.0. The summed E-state index contributed by atoms with van der Waals surface area (Å²) in [5, 5.41) is 7.78. The molecule has 0 aliphatic heterocycles. The Balaban J connectivity index is 2.03. The second-order valence-corrected chi connectivity index (χ2v) is 6.16. The van der Waals surface area contributed by atoms with Crippen LogP contribution in [-0.2, 0) is 0 Å². The van der Waals surface area contributed by atoms with Crippen molar-refractivity contribution < 1.29 is 0 Å². The van der Waals surface area contributed by atoms with Crippen molar-refractivity contribution in [1.29, 1.82) is 0 Å². The number of aryl methyl sites for hydroxylation is 2. The number of aromatic nitrogens is 2. The van der Waals surface area contributed by atoms with Crippen molar-refractivity contribution in [3.05, 3.63) is 53.6 Å². The van der Waals surface area contributed by atoms with Gasteiger partial charge in [-0.3, -0.25) is 0 Å². The highest BCUT2D eigenvalue weighted by atomic mass is 15.1. The third-order valence-corrected chi connectivity index (χ3v) is 3.66. The lowest BCUT2D eigenvalue weighted by Crippen LogP contribution is -2.12. The molecule has 0 amide bonds. The summed E-state index contributed by atoms with van der Waals surface area (Å²) in [5.74, 6) is 1.47. The van der Waals surface area contributed by atoms with E-state index in [1.807, 2.05) is 24.3 Å². The second kappa shape index (κ2) is 6.24. The molecule has 2 aromatic carbocycles. The minimum atomic E-state index is 0.308. The topological polar surface area (TPSA) is 49.8 Å². The third kappa shape index (κ3) is 3.42. The molecular weight excluding hydrogens is 284 g/mol. The maximum absolute atomic E-state index is 4.67. The van der Waals surface area contributed by atoms with Crippen LogP contribution in [0, 0.1) is 13.8 Å². The van der Waals surface area contributed by atoms with E-state index >= 15 is 0 Å². The Morgan fingerprint density at radius 1 is 0.957 bits per heavy atom. The summed E-state index contributed by atoms with van der Waals surface area (Å²) >= 11 is 0. The lowest BCUT2D eigenvalue weighted by molar-refractivity contribution is 0.891. The molecule has 2 N–H and O–H groups in total. The van der Waals surface area contributed by atoms with Gasteiger partial charge in [-0.15, -0.1) is 0 Å². The lowest BCUT2D eigenvalue weighted by Gasteiger charge is -2.14. The van der Waals surface area contributed by atoms with Crippen LogP contribution in [0.3, 0.4) is 0 Å². The Hall–Kier alpha value is -2.62. The second-order valence-electron chi connectivity index (χ2n) is 6.16. The van der Waals surface area contributed by atoms with E-state index in [1.165, 1.54) is 11.1 Å².